The fourth-order valence-corrected chi connectivity index (χ4v) is 2.57. The Labute approximate surface area is 137 Å². The lowest BCUT2D eigenvalue weighted by atomic mass is 10.2. The van der Waals surface area contributed by atoms with Gasteiger partial charge in [0.15, 0.2) is 0 Å². The van der Waals surface area contributed by atoms with Crippen LogP contribution in [0, 0.1) is 0 Å². The van der Waals surface area contributed by atoms with Crippen LogP contribution in [0.2, 0.25) is 0 Å². The first kappa shape index (κ1) is 14.6. The minimum atomic E-state index is -0.412. The molecule has 0 amide bonds. The van der Waals surface area contributed by atoms with Gasteiger partial charge in [0, 0.05) is 17.7 Å². The lowest BCUT2D eigenvalue weighted by Crippen LogP contribution is -2.02. The van der Waals surface area contributed by atoms with Crippen molar-refractivity contribution in [1.82, 2.24) is 29.9 Å². The van der Waals surface area contributed by atoms with E-state index in [4.69, 9.17) is 4.52 Å². The Morgan fingerprint density at radius 1 is 1.29 bits per heavy atom. The molecule has 9 nitrogen and oxygen atoms in total. The lowest BCUT2D eigenvalue weighted by Gasteiger charge is -1.99. The van der Waals surface area contributed by atoms with Crippen molar-refractivity contribution in [2.24, 2.45) is 0 Å². The van der Waals surface area contributed by atoms with Crippen LogP contribution in [0.5, 0.6) is 0 Å². The highest BCUT2D eigenvalue weighted by Gasteiger charge is 2.30. The summed E-state index contributed by atoms with van der Waals surface area (Å²) in [6, 6.07) is 0. The predicted octanol–water partition coefficient (Wildman–Crippen LogP) is 1.22. The Balaban J connectivity index is 1.44. The standard InChI is InChI=1S/C15H16N6O3/c1-23-15(22)12-4-16-20(7-12)8-13-9-21(19-18-13)6-11-5-17-24-14(11)10-2-3-10/h4-5,7,9-10H,2-3,6,8H2,1H3. The molecular weight excluding hydrogens is 312 g/mol. The highest BCUT2D eigenvalue weighted by molar-refractivity contribution is 5.88. The summed E-state index contributed by atoms with van der Waals surface area (Å²) in [6.45, 7) is 1.00. The summed E-state index contributed by atoms with van der Waals surface area (Å²) in [7, 11) is 1.34. The van der Waals surface area contributed by atoms with Crippen molar-refractivity contribution in [1.29, 1.82) is 0 Å². The quantitative estimate of drug-likeness (QED) is 0.627. The van der Waals surface area contributed by atoms with Gasteiger partial charge in [0.2, 0.25) is 0 Å². The molecule has 0 saturated heterocycles. The minimum Gasteiger partial charge on any atom is -0.465 e. The first-order chi connectivity index (χ1) is 11.7. The van der Waals surface area contributed by atoms with E-state index >= 15 is 0 Å². The molecular formula is C15H16N6O3. The summed E-state index contributed by atoms with van der Waals surface area (Å²) < 4.78 is 13.4. The number of hydrogen-bond acceptors (Lipinski definition) is 7. The largest absolute Gasteiger partial charge is 0.465 e. The van der Waals surface area contributed by atoms with Crippen LogP contribution in [0.15, 0.2) is 29.3 Å². The zero-order valence-corrected chi connectivity index (χ0v) is 13.1. The van der Waals surface area contributed by atoms with Gasteiger partial charge in [-0.05, 0) is 12.8 Å². The van der Waals surface area contributed by atoms with Crippen LogP contribution >= 0.6 is 0 Å². The number of hydrogen-bond donors (Lipinski definition) is 0. The van der Waals surface area contributed by atoms with E-state index in [-0.39, 0.29) is 0 Å². The van der Waals surface area contributed by atoms with Crippen LogP contribution in [0.3, 0.4) is 0 Å². The highest BCUT2D eigenvalue weighted by Crippen LogP contribution is 2.41. The molecule has 0 radical (unpaired) electrons. The third-order valence-corrected chi connectivity index (χ3v) is 3.92. The first-order valence-electron chi connectivity index (χ1n) is 7.66. The van der Waals surface area contributed by atoms with Crippen molar-refractivity contribution in [3.05, 3.63) is 47.4 Å². The second-order valence-corrected chi connectivity index (χ2v) is 5.82. The SMILES string of the molecule is COC(=O)c1cnn(Cc2cn(Cc3cnoc3C3CC3)nn2)c1. The van der Waals surface area contributed by atoms with Crippen molar-refractivity contribution < 1.29 is 14.1 Å². The van der Waals surface area contributed by atoms with Gasteiger partial charge >= 0.3 is 5.97 Å². The van der Waals surface area contributed by atoms with E-state index in [9.17, 15) is 4.79 Å². The molecule has 3 heterocycles. The zero-order valence-electron chi connectivity index (χ0n) is 13.1. The van der Waals surface area contributed by atoms with Gasteiger partial charge < -0.3 is 9.26 Å². The molecule has 0 N–H and O–H groups in total. The number of nitrogens with zero attached hydrogens (tertiary/aromatic N) is 6. The molecule has 124 valence electrons. The number of carbonyl (C=O) groups excluding carboxylic acids is 1. The minimum absolute atomic E-state index is 0.406. The van der Waals surface area contributed by atoms with Crippen LogP contribution in [0.1, 0.15) is 46.1 Å². The molecule has 1 saturated carbocycles. The fraction of sp³-hybridized carbons (Fsp3) is 0.400. The van der Waals surface area contributed by atoms with E-state index in [2.05, 4.69) is 25.3 Å². The molecule has 0 unspecified atom stereocenters. The number of methoxy groups -OCH3 is 1. The van der Waals surface area contributed by atoms with E-state index in [1.807, 2.05) is 6.20 Å². The molecule has 0 aromatic carbocycles. The van der Waals surface area contributed by atoms with Crippen molar-refractivity contribution in [2.75, 3.05) is 7.11 Å². The highest BCUT2D eigenvalue weighted by atomic mass is 16.5. The average Bonchev–Trinajstić information content (AvgIpc) is 3.00. The van der Waals surface area contributed by atoms with Gasteiger partial charge in [-0.1, -0.05) is 10.4 Å². The molecule has 1 aliphatic carbocycles. The Kier molecular flexibility index (Phi) is 3.60. The van der Waals surface area contributed by atoms with Crippen LogP contribution in [0.4, 0.5) is 0 Å². The summed E-state index contributed by atoms with van der Waals surface area (Å²) in [4.78, 5) is 11.4. The molecule has 3 aromatic rings. The van der Waals surface area contributed by atoms with E-state index in [1.54, 1.807) is 21.8 Å². The summed E-state index contributed by atoms with van der Waals surface area (Å²) in [6.07, 6.45) is 9.00. The molecule has 0 atom stereocenters. The third-order valence-electron chi connectivity index (χ3n) is 3.92. The molecule has 3 aromatic heterocycles. The summed E-state index contributed by atoms with van der Waals surface area (Å²) in [5.74, 6) is 1.05. The number of carbonyl (C=O) groups is 1. The van der Waals surface area contributed by atoms with Crippen molar-refractivity contribution in [2.45, 2.75) is 31.8 Å². The molecule has 1 fully saturated rings. The molecule has 24 heavy (non-hydrogen) atoms. The zero-order chi connectivity index (χ0) is 16.5. The van der Waals surface area contributed by atoms with E-state index in [0.717, 1.165) is 29.9 Å². The van der Waals surface area contributed by atoms with Gasteiger partial charge in [0.1, 0.15) is 11.5 Å². The Morgan fingerprint density at radius 3 is 2.96 bits per heavy atom. The Morgan fingerprint density at radius 2 is 2.17 bits per heavy atom. The number of aromatic nitrogens is 6. The van der Waals surface area contributed by atoms with Crippen LogP contribution < -0.4 is 0 Å². The second-order valence-electron chi connectivity index (χ2n) is 5.82. The molecule has 0 aliphatic heterocycles. The van der Waals surface area contributed by atoms with E-state index in [0.29, 0.717) is 24.6 Å². The van der Waals surface area contributed by atoms with Crippen LogP contribution in [0.25, 0.3) is 0 Å². The van der Waals surface area contributed by atoms with Gasteiger partial charge in [-0.25, -0.2) is 9.48 Å². The Hall–Kier alpha value is -2.97. The molecule has 9 heteroatoms. The third kappa shape index (κ3) is 2.92. The molecule has 1 aliphatic rings. The normalized spacial score (nSPS) is 14.0. The maximum atomic E-state index is 11.4. The monoisotopic (exact) mass is 328 g/mol. The summed E-state index contributed by atoms with van der Waals surface area (Å²) >= 11 is 0. The maximum absolute atomic E-state index is 11.4. The van der Waals surface area contributed by atoms with Gasteiger partial charge in [0.05, 0.1) is 44.4 Å². The summed E-state index contributed by atoms with van der Waals surface area (Å²) in [5.41, 5.74) is 2.20. The fourth-order valence-electron chi connectivity index (χ4n) is 2.57. The van der Waals surface area contributed by atoms with Gasteiger partial charge in [-0.3, -0.25) is 4.68 Å². The number of rotatable bonds is 6. The van der Waals surface area contributed by atoms with Crippen LogP contribution in [-0.4, -0.2) is 43.0 Å². The van der Waals surface area contributed by atoms with E-state index in [1.165, 1.54) is 13.3 Å². The first-order valence-corrected chi connectivity index (χ1v) is 7.66. The van der Waals surface area contributed by atoms with Gasteiger partial charge in [-0.15, -0.1) is 5.10 Å². The van der Waals surface area contributed by atoms with Crippen molar-refractivity contribution in [3.8, 4) is 0 Å². The van der Waals surface area contributed by atoms with Crippen molar-refractivity contribution >= 4 is 5.97 Å². The van der Waals surface area contributed by atoms with Crippen molar-refractivity contribution in [3.63, 3.8) is 0 Å². The van der Waals surface area contributed by atoms with Gasteiger partial charge in [-0.2, -0.15) is 5.10 Å². The summed E-state index contributed by atoms with van der Waals surface area (Å²) in [5, 5.41) is 16.3. The van der Waals surface area contributed by atoms with Gasteiger partial charge in [0.25, 0.3) is 0 Å². The molecule has 0 spiro atoms. The molecule has 4 rings (SSSR count). The topological polar surface area (TPSA) is 101 Å². The number of ether oxygens (including phenoxy) is 1. The Bertz CT molecular complexity index is 860. The smallest absolute Gasteiger partial charge is 0.341 e. The maximum Gasteiger partial charge on any atom is 0.341 e. The van der Waals surface area contributed by atoms with Crippen LogP contribution in [-0.2, 0) is 17.8 Å². The predicted molar refractivity (Wildman–Crippen MR) is 80.3 cm³/mol. The second kappa shape index (κ2) is 5.91. The van der Waals surface area contributed by atoms with E-state index < -0.39 is 5.97 Å². The average molecular weight is 328 g/mol. The molecule has 0 bridgehead atoms. The number of esters is 1. The lowest BCUT2D eigenvalue weighted by molar-refractivity contribution is 0.0600.